The van der Waals surface area contributed by atoms with Gasteiger partial charge in [0.15, 0.2) is 6.61 Å². The molecule has 1 aromatic rings. The van der Waals surface area contributed by atoms with E-state index in [1.807, 2.05) is 18.4 Å². The van der Waals surface area contributed by atoms with Crippen molar-refractivity contribution in [2.24, 2.45) is 0 Å². The van der Waals surface area contributed by atoms with Gasteiger partial charge in [-0.2, -0.15) is 0 Å². The molecular weight excluding hydrogens is 300 g/mol. The zero-order chi connectivity index (χ0) is 17.0. The Kier molecular flexibility index (Phi) is 5.54. The number of carbonyl (C=O) groups is 3. The zero-order valence-corrected chi connectivity index (χ0v) is 13.7. The smallest absolute Gasteiger partial charge is 0.329 e. The van der Waals surface area contributed by atoms with E-state index in [1.54, 1.807) is 13.2 Å². The molecule has 0 unspecified atom stereocenters. The number of aromatic nitrogens is 1. The molecule has 126 valence electrons. The molecule has 0 aromatic carbocycles. The van der Waals surface area contributed by atoms with Crippen LogP contribution in [0, 0.1) is 13.8 Å². The van der Waals surface area contributed by atoms with Crippen LogP contribution < -0.4 is 5.32 Å². The lowest BCUT2D eigenvalue weighted by molar-refractivity contribution is -0.145. The molecule has 23 heavy (non-hydrogen) atoms. The van der Waals surface area contributed by atoms with Gasteiger partial charge in [0.25, 0.3) is 0 Å². The quantitative estimate of drug-likeness (QED) is 0.591. The van der Waals surface area contributed by atoms with Gasteiger partial charge in [-0.25, -0.2) is 4.79 Å². The third-order valence-corrected chi connectivity index (χ3v) is 4.02. The summed E-state index contributed by atoms with van der Waals surface area (Å²) in [5.74, 6) is -0.975. The fourth-order valence-electron chi connectivity index (χ4n) is 2.72. The number of ketones is 1. The minimum Gasteiger partial charge on any atom is -0.456 e. The van der Waals surface area contributed by atoms with Crippen molar-refractivity contribution < 1.29 is 23.9 Å². The molecule has 1 atom stereocenters. The monoisotopic (exact) mass is 322 g/mol. The Morgan fingerprint density at radius 2 is 2.13 bits per heavy atom. The van der Waals surface area contributed by atoms with Crippen LogP contribution in [0.5, 0.6) is 0 Å². The number of methoxy groups -OCH3 is 1. The minimum absolute atomic E-state index is 0.167. The van der Waals surface area contributed by atoms with Crippen molar-refractivity contribution in [3.05, 3.63) is 23.0 Å². The fourth-order valence-corrected chi connectivity index (χ4v) is 2.72. The lowest BCUT2D eigenvalue weighted by Crippen LogP contribution is -2.35. The maximum atomic E-state index is 12.3. The summed E-state index contributed by atoms with van der Waals surface area (Å²) in [6.07, 6.45) is 0.728. The molecule has 1 saturated heterocycles. The van der Waals surface area contributed by atoms with Crippen molar-refractivity contribution in [3.8, 4) is 0 Å². The van der Waals surface area contributed by atoms with Crippen LogP contribution in [-0.2, 0) is 25.6 Å². The molecule has 1 aliphatic rings. The summed E-state index contributed by atoms with van der Waals surface area (Å²) in [6.45, 7) is 4.67. The SMILES string of the molecule is COCCn1c(C)cc(C(=O)COC(=O)[C@H]2CCC(=O)N2)c1C. The number of nitrogens with zero attached hydrogens (tertiary/aromatic N) is 1. The number of esters is 1. The van der Waals surface area contributed by atoms with E-state index in [0.29, 0.717) is 31.6 Å². The van der Waals surface area contributed by atoms with Gasteiger partial charge >= 0.3 is 5.97 Å². The van der Waals surface area contributed by atoms with E-state index in [2.05, 4.69) is 5.32 Å². The Bertz CT molecular complexity index is 620. The van der Waals surface area contributed by atoms with E-state index < -0.39 is 12.0 Å². The Balaban J connectivity index is 1.95. The predicted molar refractivity (Wildman–Crippen MR) is 82.2 cm³/mol. The highest BCUT2D eigenvalue weighted by Gasteiger charge is 2.29. The molecule has 1 aliphatic heterocycles. The second-order valence-corrected chi connectivity index (χ2v) is 5.62. The topological polar surface area (TPSA) is 86.6 Å². The lowest BCUT2D eigenvalue weighted by atomic mass is 10.1. The van der Waals surface area contributed by atoms with Gasteiger partial charge in [-0.3, -0.25) is 9.59 Å². The summed E-state index contributed by atoms with van der Waals surface area (Å²) < 4.78 is 12.1. The van der Waals surface area contributed by atoms with Crippen molar-refractivity contribution in [2.45, 2.75) is 39.3 Å². The van der Waals surface area contributed by atoms with Crippen molar-refractivity contribution in [1.82, 2.24) is 9.88 Å². The van der Waals surface area contributed by atoms with Gasteiger partial charge in [-0.15, -0.1) is 0 Å². The van der Waals surface area contributed by atoms with Gasteiger partial charge in [0.05, 0.1) is 6.61 Å². The molecule has 0 saturated carbocycles. The number of carbonyl (C=O) groups excluding carboxylic acids is 3. The Hall–Kier alpha value is -2.15. The van der Waals surface area contributed by atoms with Crippen molar-refractivity contribution in [3.63, 3.8) is 0 Å². The fraction of sp³-hybridized carbons (Fsp3) is 0.562. The first-order valence-electron chi connectivity index (χ1n) is 7.59. The Morgan fingerprint density at radius 1 is 1.39 bits per heavy atom. The van der Waals surface area contributed by atoms with Gasteiger partial charge in [-0.1, -0.05) is 0 Å². The number of aryl methyl sites for hydroxylation is 1. The molecule has 0 bridgehead atoms. The van der Waals surface area contributed by atoms with E-state index in [0.717, 1.165) is 11.4 Å². The third-order valence-electron chi connectivity index (χ3n) is 4.02. The Morgan fingerprint density at radius 3 is 2.74 bits per heavy atom. The summed E-state index contributed by atoms with van der Waals surface area (Å²) in [4.78, 5) is 35.2. The molecule has 7 nitrogen and oxygen atoms in total. The molecule has 0 spiro atoms. The van der Waals surface area contributed by atoms with Gasteiger partial charge in [0.1, 0.15) is 6.04 Å². The lowest BCUT2D eigenvalue weighted by Gasteiger charge is -2.10. The van der Waals surface area contributed by atoms with Crippen LogP contribution in [0.1, 0.15) is 34.6 Å². The van der Waals surface area contributed by atoms with Gasteiger partial charge in [0, 0.05) is 37.0 Å². The van der Waals surface area contributed by atoms with E-state index in [-0.39, 0.29) is 18.3 Å². The molecular formula is C16H22N2O5. The second-order valence-electron chi connectivity index (χ2n) is 5.62. The van der Waals surface area contributed by atoms with Crippen molar-refractivity contribution >= 4 is 17.7 Å². The molecule has 0 radical (unpaired) electrons. The van der Waals surface area contributed by atoms with E-state index in [4.69, 9.17) is 9.47 Å². The van der Waals surface area contributed by atoms with Gasteiger partial charge in [-0.05, 0) is 26.3 Å². The molecule has 2 rings (SSSR count). The first kappa shape index (κ1) is 17.2. The highest BCUT2D eigenvalue weighted by atomic mass is 16.5. The predicted octanol–water partition coefficient (Wildman–Crippen LogP) is 0.756. The first-order chi connectivity index (χ1) is 10.9. The number of rotatable bonds is 7. The molecule has 1 N–H and O–H groups in total. The van der Waals surface area contributed by atoms with Crippen LogP contribution in [0.4, 0.5) is 0 Å². The van der Waals surface area contributed by atoms with E-state index in [1.165, 1.54) is 0 Å². The molecule has 1 amide bonds. The Labute approximate surface area is 134 Å². The number of ether oxygens (including phenoxy) is 2. The minimum atomic E-state index is -0.635. The summed E-state index contributed by atoms with van der Waals surface area (Å²) in [7, 11) is 1.63. The second kappa shape index (κ2) is 7.41. The van der Waals surface area contributed by atoms with Gasteiger partial charge < -0.3 is 19.4 Å². The number of amides is 1. The number of nitrogens with one attached hydrogen (secondary N) is 1. The standard InChI is InChI=1S/C16H22N2O5/c1-10-8-12(11(2)18(10)6-7-22-3)14(19)9-23-16(21)13-4-5-15(20)17-13/h8,13H,4-7,9H2,1-3H3,(H,17,20)/t13-/m1/s1. The molecule has 0 aliphatic carbocycles. The maximum Gasteiger partial charge on any atom is 0.329 e. The zero-order valence-electron chi connectivity index (χ0n) is 13.7. The van der Waals surface area contributed by atoms with Crippen LogP contribution in [0.3, 0.4) is 0 Å². The highest BCUT2D eigenvalue weighted by molar-refractivity contribution is 5.99. The summed E-state index contributed by atoms with van der Waals surface area (Å²) in [5, 5.41) is 2.52. The van der Waals surface area contributed by atoms with E-state index >= 15 is 0 Å². The summed E-state index contributed by atoms with van der Waals surface area (Å²) >= 11 is 0. The van der Waals surface area contributed by atoms with Crippen LogP contribution in [0.25, 0.3) is 0 Å². The number of Topliss-reactive ketones (excluding diaryl/α,β-unsaturated/α-hetero) is 1. The van der Waals surface area contributed by atoms with Crippen LogP contribution in [0.2, 0.25) is 0 Å². The molecule has 1 fully saturated rings. The molecule has 1 aromatic heterocycles. The van der Waals surface area contributed by atoms with Crippen LogP contribution >= 0.6 is 0 Å². The average Bonchev–Trinajstić information content (AvgIpc) is 3.07. The number of hydrogen-bond donors (Lipinski definition) is 1. The third kappa shape index (κ3) is 3.98. The molecule has 7 heteroatoms. The summed E-state index contributed by atoms with van der Waals surface area (Å²) in [6, 6.07) is 1.16. The van der Waals surface area contributed by atoms with Crippen molar-refractivity contribution in [2.75, 3.05) is 20.3 Å². The van der Waals surface area contributed by atoms with Crippen LogP contribution in [0.15, 0.2) is 6.07 Å². The molecule has 2 heterocycles. The maximum absolute atomic E-state index is 12.3. The average molecular weight is 322 g/mol. The van der Waals surface area contributed by atoms with Gasteiger partial charge in [0.2, 0.25) is 11.7 Å². The van der Waals surface area contributed by atoms with Crippen molar-refractivity contribution in [1.29, 1.82) is 0 Å². The normalized spacial score (nSPS) is 17.2. The number of hydrogen-bond acceptors (Lipinski definition) is 5. The largest absolute Gasteiger partial charge is 0.456 e. The summed E-state index contributed by atoms with van der Waals surface area (Å²) in [5.41, 5.74) is 2.33. The highest BCUT2D eigenvalue weighted by Crippen LogP contribution is 2.16. The van der Waals surface area contributed by atoms with Crippen LogP contribution in [-0.4, -0.2) is 48.6 Å². The van der Waals surface area contributed by atoms with E-state index in [9.17, 15) is 14.4 Å². The first-order valence-corrected chi connectivity index (χ1v) is 7.59.